The minimum absolute atomic E-state index is 0.355. The second-order valence-corrected chi connectivity index (χ2v) is 6.42. The molecule has 0 radical (unpaired) electrons. The maximum atomic E-state index is 11.0. The zero-order valence-corrected chi connectivity index (χ0v) is 12.3. The van der Waals surface area contributed by atoms with E-state index in [9.17, 15) is 4.79 Å². The molecule has 1 aromatic rings. The molecular weight excluding hydrogens is 260 g/mol. The average Bonchev–Trinajstić information content (AvgIpc) is 2.97. The zero-order valence-electron chi connectivity index (χ0n) is 11.5. The smallest absolute Gasteiger partial charge is 0.249 e. The Kier molecular flexibility index (Phi) is 4.96. The molecule has 0 unspecified atom stereocenters. The molecule has 0 aromatic carbocycles. The Hall–Kier alpha value is -0.910. The number of rotatable bonds is 6. The van der Waals surface area contributed by atoms with Gasteiger partial charge in [0.25, 0.3) is 0 Å². The van der Waals surface area contributed by atoms with Gasteiger partial charge in [-0.1, -0.05) is 13.8 Å². The molecule has 1 amide bonds. The van der Waals surface area contributed by atoms with Gasteiger partial charge in [0.1, 0.15) is 0 Å². The fourth-order valence-corrected chi connectivity index (χ4v) is 3.44. The van der Waals surface area contributed by atoms with Crippen LogP contribution in [0.25, 0.3) is 0 Å². The van der Waals surface area contributed by atoms with Crippen LogP contribution in [0.2, 0.25) is 0 Å². The molecule has 1 aliphatic heterocycles. The first-order valence-electron chi connectivity index (χ1n) is 6.77. The van der Waals surface area contributed by atoms with Crippen LogP contribution in [0.1, 0.15) is 35.5 Å². The maximum absolute atomic E-state index is 11.0. The molecule has 3 N–H and O–H groups in total. The van der Waals surface area contributed by atoms with E-state index in [1.807, 2.05) is 11.4 Å². The van der Waals surface area contributed by atoms with Crippen molar-refractivity contribution in [3.63, 3.8) is 0 Å². The molecule has 0 saturated carbocycles. The first-order chi connectivity index (χ1) is 9.08. The van der Waals surface area contributed by atoms with Crippen LogP contribution in [0.15, 0.2) is 11.4 Å². The first-order valence-corrected chi connectivity index (χ1v) is 7.65. The van der Waals surface area contributed by atoms with Crippen molar-refractivity contribution in [2.45, 2.75) is 32.9 Å². The lowest BCUT2D eigenvalue weighted by Gasteiger charge is -2.22. The molecule has 1 saturated heterocycles. The summed E-state index contributed by atoms with van der Waals surface area (Å²) < 4.78 is 5.77. The summed E-state index contributed by atoms with van der Waals surface area (Å²) in [5.41, 5.74) is 5.84. The van der Waals surface area contributed by atoms with Gasteiger partial charge in [-0.25, -0.2) is 0 Å². The van der Waals surface area contributed by atoms with Gasteiger partial charge in [0, 0.05) is 30.0 Å². The van der Waals surface area contributed by atoms with Gasteiger partial charge in [-0.15, -0.1) is 11.3 Å². The molecule has 1 aromatic heterocycles. The Labute approximate surface area is 118 Å². The summed E-state index contributed by atoms with van der Waals surface area (Å²) in [6.45, 7) is 7.05. The number of hydrogen-bond donors (Lipinski definition) is 2. The van der Waals surface area contributed by atoms with Crippen LogP contribution in [-0.2, 0) is 11.3 Å². The third kappa shape index (κ3) is 3.78. The maximum Gasteiger partial charge on any atom is 0.249 e. The van der Waals surface area contributed by atoms with E-state index in [-0.39, 0.29) is 5.91 Å². The highest BCUT2D eigenvalue weighted by atomic mass is 32.1. The number of nitrogens with one attached hydrogen (secondary N) is 1. The van der Waals surface area contributed by atoms with Crippen LogP contribution in [-0.4, -0.2) is 25.2 Å². The summed E-state index contributed by atoms with van der Waals surface area (Å²) in [6, 6.07) is 1.87. The summed E-state index contributed by atoms with van der Waals surface area (Å²) in [5, 5.41) is 5.27. The Morgan fingerprint density at radius 3 is 3.05 bits per heavy atom. The number of thiophene rings is 1. The van der Waals surface area contributed by atoms with Gasteiger partial charge >= 0.3 is 0 Å². The summed E-state index contributed by atoms with van der Waals surface area (Å²) >= 11 is 1.57. The number of carbonyl (C=O) groups is 1. The summed E-state index contributed by atoms with van der Waals surface area (Å²) in [6.07, 6.45) is 1.50. The standard InChI is InChI=1S/C14H22N2O2S/c1-9(2)13-10(3-4-18-13)6-16-7-12-5-11(8-19-12)14(15)17/h5,8-10,13,16H,3-4,6-7H2,1-2H3,(H2,15,17)/t10-,13-/m1/s1. The van der Waals surface area contributed by atoms with Gasteiger partial charge in [0.05, 0.1) is 11.7 Å². The van der Waals surface area contributed by atoms with Crippen molar-refractivity contribution in [2.75, 3.05) is 13.2 Å². The van der Waals surface area contributed by atoms with Crippen molar-refractivity contribution in [3.8, 4) is 0 Å². The predicted octanol–water partition coefficient (Wildman–Crippen LogP) is 2.00. The number of carbonyl (C=O) groups excluding carboxylic acids is 1. The second kappa shape index (κ2) is 6.50. The molecular formula is C14H22N2O2S. The molecule has 5 heteroatoms. The molecule has 0 aliphatic carbocycles. The molecule has 2 rings (SSSR count). The largest absolute Gasteiger partial charge is 0.378 e. The molecule has 0 spiro atoms. The average molecular weight is 282 g/mol. The molecule has 4 nitrogen and oxygen atoms in total. The van der Waals surface area contributed by atoms with E-state index in [2.05, 4.69) is 19.2 Å². The van der Waals surface area contributed by atoms with Crippen LogP contribution < -0.4 is 11.1 Å². The van der Waals surface area contributed by atoms with Crippen molar-refractivity contribution in [1.82, 2.24) is 5.32 Å². The molecule has 0 bridgehead atoms. The normalized spacial score (nSPS) is 23.1. The minimum Gasteiger partial charge on any atom is -0.378 e. The van der Waals surface area contributed by atoms with Gasteiger partial charge in [0.15, 0.2) is 0 Å². The van der Waals surface area contributed by atoms with E-state index < -0.39 is 0 Å². The van der Waals surface area contributed by atoms with E-state index in [1.165, 1.54) is 0 Å². The van der Waals surface area contributed by atoms with Crippen molar-refractivity contribution in [2.24, 2.45) is 17.6 Å². The van der Waals surface area contributed by atoms with E-state index in [1.54, 1.807) is 11.3 Å². The predicted molar refractivity (Wildman–Crippen MR) is 77.2 cm³/mol. The SMILES string of the molecule is CC(C)[C@H]1OCC[C@@H]1CNCc1cc(C(N)=O)cs1. The number of nitrogens with two attached hydrogens (primary N) is 1. The monoisotopic (exact) mass is 282 g/mol. The Bertz CT molecular complexity index is 431. The van der Waals surface area contributed by atoms with E-state index in [0.29, 0.717) is 23.5 Å². The number of ether oxygens (including phenoxy) is 1. The first kappa shape index (κ1) is 14.5. The van der Waals surface area contributed by atoms with Crippen LogP contribution in [0.3, 0.4) is 0 Å². The molecule has 1 fully saturated rings. The van der Waals surface area contributed by atoms with E-state index >= 15 is 0 Å². The van der Waals surface area contributed by atoms with Crippen LogP contribution >= 0.6 is 11.3 Å². The lowest BCUT2D eigenvalue weighted by atomic mass is 9.93. The highest BCUT2D eigenvalue weighted by molar-refractivity contribution is 7.10. The van der Waals surface area contributed by atoms with Gasteiger partial charge in [-0.2, -0.15) is 0 Å². The molecule has 19 heavy (non-hydrogen) atoms. The third-order valence-corrected chi connectivity index (χ3v) is 4.50. The highest BCUT2D eigenvalue weighted by Crippen LogP contribution is 2.26. The Morgan fingerprint density at radius 2 is 2.42 bits per heavy atom. The van der Waals surface area contributed by atoms with Crippen molar-refractivity contribution >= 4 is 17.2 Å². The van der Waals surface area contributed by atoms with Crippen molar-refractivity contribution in [1.29, 1.82) is 0 Å². The fraction of sp³-hybridized carbons (Fsp3) is 0.643. The minimum atomic E-state index is -0.355. The van der Waals surface area contributed by atoms with E-state index in [0.717, 1.165) is 31.0 Å². The van der Waals surface area contributed by atoms with Gasteiger partial charge < -0.3 is 15.8 Å². The lowest BCUT2D eigenvalue weighted by molar-refractivity contribution is 0.0539. The summed E-state index contributed by atoms with van der Waals surface area (Å²) in [4.78, 5) is 12.2. The summed E-state index contributed by atoms with van der Waals surface area (Å²) in [5.74, 6) is 0.805. The Balaban J connectivity index is 1.78. The van der Waals surface area contributed by atoms with Crippen LogP contribution in [0.4, 0.5) is 0 Å². The quantitative estimate of drug-likeness (QED) is 0.838. The van der Waals surface area contributed by atoms with Gasteiger partial charge in [0.2, 0.25) is 5.91 Å². The summed E-state index contributed by atoms with van der Waals surface area (Å²) in [7, 11) is 0. The Morgan fingerprint density at radius 1 is 1.63 bits per heavy atom. The molecule has 1 aliphatic rings. The third-order valence-electron chi connectivity index (χ3n) is 3.56. The van der Waals surface area contributed by atoms with Crippen molar-refractivity contribution < 1.29 is 9.53 Å². The van der Waals surface area contributed by atoms with Gasteiger partial charge in [-0.3, -0.25) is 4.79 Å². The fourth-order valence-electron chi connectivity index (χ4n) is 2.59. The highest BCUT2D eigenvalue weighted by Gasteiger charge is 2.30. The second-order valence-electron chi connectivity index (χ2n) is 5.43. The topological polar surface area (TPSA) is 64.3 Å². The molecule has 106 valence electrons. The van der Waals surface area contributed by atoms with Crippen LogP contribution in [0, 0.1) is 11.8 Å². The van der Waals surface area contributed by atoms with E-state index in [4.69, 9.17) is 10.5 Å². The van der Waals surface area contributed by atoms with Gasteiger partial charge in [-0.05, 0) is 24.3 Å². The number of amides is 1. The molecule has 2 heterocycles. The van der Waals surface area contributed by atoms with Crippen LogP contribution in [0.5, 0.6) is 0 Å². The number of hydrogen-bond acceptors (Lipinski definition) is 4. The van der Waals surface area contributed by atoms with Crippen molar-refractivity contribution in [3.05, 3.63) is 21.9 Å². The zero-order chi connectivity index (χ0) is 13.8. The number of primary amides is 1. The molecule has 2 atom stereocenters. The lowest BCUT2D eigenvalue weighted by Crippen LogP contribution is -2.31.